The molecule has 2 N–H and O–H groups in total. The molecule has 0 radical (unpaired) electrons. The van der Waals surface area contributed by atoms with Crippen molar-refractivity contribution in [3.8, 4) is 0 Å². The van der Waals surface area contributed by atoms with E-state index in [2.05, 4.69) is 0 Å². The van der Waals surface area contributed by atoms with E-state index in [9.17, 15) is 14.3 Å². The van der Waals surface area contributed by atoms with E-state index in [0.717, 1.165) is 0 Å². The summed E-state index contributed by atoms with van der Waals surface area (Å²) >= 11 is 0. The first-order valence-corrected chi connectivity index (χ1v) is 3.51. The second-order valence-corrected chi connectivity index (χ2v) is 2.50. The lowest BCUT2D eigenvalue weighted by molar-refractivity contribution is -0.170. The Hall–Kier alpha value is -0.770. The van der Waals surface area contributed by atoms with Crippen molar-refractivity contribution in [2.24, 2.45) is 0 Å². The molecular formula is C4H5O5P. The quantitative estimate of drug-likeness (QED) is 0.413. The molecule has 0 aliphatic heterocycles. The molecule has 0 aliphatic rings. The van der Waals surface area contributed by atoms with Crippen molar-refractivity contribution in [2.45, 2.75) is 5.85 Å². The first-order valence-electron chi connectivity index (χ1n) is 2.26. The van der Waals surface area contributed by atoms with E-state index in [4.69, 9.17) is 10.2 Å². The zero-order chi connectivity index (χ0) is 8.15. The van der Waals surface area contributed by atoms with E-state index in [1.807, 2.05) is 0 Å². The summed E-state index contributed by atoms with van der Waals surface area (Å²) in [6.07, 6.45) is 1.24. The summed E-state index contributed by atoms with van der Waals surface area (Å²) in [6.45, 7) is 0. The van der Waals surface area contributed by atoms with Gasteiger partial charge in [-0.15, -0.1) is 0 Å². The van der Waals surface area contributed by atoms with Crippen LogP contribution in [0.25, 0.3) is 0 Å². The molecule has 2 atom stereocenters. The van der Waals surface area contributed by atoms with Gasteiger partial charge in [0.1, 0.15) is 0 Å². The number of hydrogen-bond acceptors (Lipinski definition) is 4. The SMILES string of the molecule is O=C(O)/C=C/C(O)[P+](=O)[O-]. The molecule has 0 bridgehead atoms. The smallest absolute Gasteiger partial charge is 0.345 e. The van der Waals surface area contributed by atoms with Gasteiger partial charge in [-0.2, -0.15) is 0 Å². The van der Waals surface area contributed by atoms with Gasteiger partial charge in [0.25, 0.3) is 5.85 Å². The lowest BCUT2D eigenvalue weighted by atomic mass is 10.5. The highest BCUT2D eigenvalue weighted by atomic mass is 31.1. The van der Waals surface area contributed by atoms with Crippen LogP contribution in [0.15, 0.2) is 12.2 Å². The molecule has 0 aromatic heterocycles. The van der Waals surface area contributed by atoms with Gasteiger partial charge in [-0.3, -0.25) is 0 Å². The van der Waals surface area contributed by atoms with E-state index in [1.54, 1.807) is 0 Å². The largest absolute Gasteiger partial charge is 0.593 e. The molecule has 0 aromatic rings. The van der Waals surface area contributed by atoms with Crippen LogP contribution in [0.4, 0.5) is 0 Å². The average Bonchev–Trinajstić information content (AvgIpc) is 1.82. The Kier molecular flexibility index (Phi) is 3.79. The standard InChI is InChI=1S/C4H5O5P/c5-3(6)1-2-4(7)10(8)9/h1-2,4,7H,(H,5,6)/b2-1+. The van der Waals surface area contributed by atoms with Crippen LogP contribution < -0.4 is 4.89 Å². The zero-order valence-electron chi connectivity index (χ0n) is 4.80. The fourth-order valence-corrected chi connectivity index (χ4v) is 0.465. The molecule has 0 aliphatic carbocycles. The molecule has 0 fully saturated rings. The predicted octanol–water partition coefficient (Wildman–Crippen LogP) is -0.952. The monoisotopic (exact) mass is 164 g/mol. The van der Waals surface area contributed by atoms with Gasteiger partial charge in [0, 0.05) is 12.2 Å². The molecule has 0 heterocycles. The second kappa shape index (κ2) is 4.11. The van der Waals surface area contributed by atoms with Crippen molar-refractivity contribution in [1.82, 2.24) is 0 Å². The molecule has 2 unspecified atom stereocenters. The molecule has 0 rings (SSSR count). The summed E-state index contributed by atoms with van der Waals surface area (Å²) in [6, 6.07) is 0. The van der Waals surface area contributed by atoms with E-state index < -0.39 is 19.8 Å². The Morgan fingerprint density at radius 3 is 2.50 bits per heavy atom. The third-order valence-electron chi connectivity index (χ3n) is 0.627. The summed E-state index contributed by atoms with van der Waals surface area (Å²) in [5, 5.41) is 16.4. The van der Waals surface area contributed by atoms with Crippen LogP contribution in [0.3, 0.4) is 0 Å². The van der Waals surface area contributed by atoms with Gasteiger partial charge < -0.3 is 15.1 Å². The molecule has 56 valence electrons. The summed E-state index contributed by atoms with van der Waals surface area (Å²) < 4.78 is 9.85. The van der Waals surface area contributed by atoms with E-state index in [0.29, 0.717) is 12.2 Å². The topological polar surface area (TPSA) is 97.7 Å². The number of rotatable bonds is 3. The third kappa shape index (κ3) is 4.14. The Bertz CT molecular complexity index is 174. The van der Waals surface area contributed by atoms with Crippen molar-refractivity contribution in [2.75, 3.05) is 0 Å². The third-order valence-corrected chi connectivity index (χ3v) is 1.23. The highest BCUT2D eigenvalue weighted by molar-refractivity contribution is 7.37. The van der Waals surface area contributed by atoms with Crippen LogP contribution in [-0.2, 0) is 9.36 Å². The van der Waals surface area contributed by atoms with E-state index >= 15 is 0 Å². The molecule has 5 nitrogen and oxygen atoms in total. The zero-order valence-corrected chi connectivity index (χ0v) is 5.69. The summed E-state index contributed by atoms with van der Waals surface area (Å²) in [5.74, 6) is -3.00. The first kappa shape index (κ1) is 9.23. The van der Waals surface area contributed by atoms with Crippen molar-refractivity contribution in [3.63, 3.8) is 0 Å². The molecule has 10 heavy (non-hydrogen) atoms. The normalized spacial score (nSPS) is 15.2. The number of carboxylic acids is 1. The van der Waals surface area contributed by atoms with Gasteiger partial charge in [0.2, 0.25) is 0 Å². The van der Waals surface area contributed by atoms with Crippen molar-refractivity contribution in [1.29, 1.82) is 0 Å². The summed E-state index contributed by atoms with van der Waals surface area (Å²) in [7, 11) is -2.99. The van der Waals surface area contributed by atoms with Crippen LogP contribution in [0.2, 0.25) is 0 Å². The van der Waals surface area contributed by atoms with Crippen molar-refractivity contribution in [3.05, 3.63) is 12.2 Å². The summed E-state index contributed by atoms with van der Waals surface area (Å²) in [4.78, 5) is 19.6. The molecule has 6 heteroatoms. The van der Waals surface area contributed by atoms with Crippen LogP contribution in [0, 0.1) is 0 Å². The predicted molar refractivity (Wildman–Crippen MR) is 30.4 cm³/mol. The maximum Gasteiger partial charge on any atom is 0.345 e. The van der Waals surface area contributed by atoms with Crippen molar-refractivity contribution < 1.29 is 24.5 Å². The van der Waals surface area contributed by atoms with Gasteiger partial charge in [-0.05, 0) is 0 Å². The van der Waals surface area contributed by atoms with E-state index in [-0.39, 0.29) is 0 Å². The molecule has 0 spiro atoms. The van der Waals surface area contributed by atoms with Crippen LogP contribution in [0.5, 0.6) is 0 Å². The maximum absolute atomic E-state index is 9.85. The van der Waals surface area contributed by atoms with Crippen LogP contribution >= 0.6 is 8.03 Å². The minimum absolute atomic E-state index is 0.565. The van der Waals surface area contributed by atoms with Gasteiger partial charge in [-0.1, -0.05) is 4.57 Å². The minimum Gasteiger partial charge on any atom is -0.593 e. The molecular weight excluding hydrogens is 159 g/mol. The fourth-order valence-electron chi connectivity index (χ4n) is 0.239. The first-order chi connectivity index (χ1) is 4.54. The number of aliphatic carboxylic acids is 1. The van der Waals surface area contributed by atoms with Crippen molar-refractivity contribution >= 4 is 14.0 Å². The van der Waals surface area contributed by atoms with E-state index in [1.165, 1.54) is 0 Å². The highest BCUT2D eigenvalue weighted by Gasteiger charge is 2.12. The van der Waals surface area contributed by atoms with Gasteiger partial charge >= 0.3 is 14.0 Å². The average molecular weight is 164 g/mol. The number of carbonyl (C=O) groups is 1. The Balaban J connectivity index is 3.89. The van der Waals surface area contributed by atoms with Gasteiger partial charge in [0.05, 0.1) is 0 Å². The lowest BCUT2D eigenvalue weighted by Gasteiger charge is -1.90. The van der Waals surface area contributed by atoms with Crippen LogP contribution in [-0.4, -0.2) is 22.0 Å². The number of aliphatic hydroxyl groups excluding tert-OH is 1. The lowest BCUT2D eigenvalue weighted by Crippen LogP contribution is -2.04. The number of hydrogen-bond donors (Lipinski definition) is 2. The molecule has 0 amide bonds. The van der Waals surface area contributed by atoms with Gasteiger partial charge in [0.15, 0.2) is 0 Å². The van der Waals surface area contributed by atoms with Gasteiger partial charge in [-0.25, -0.2) is 4.79 Å². The minimum atomic E-state index is -2.99. The molecule has 0 saturated carbocycles. The van der Waals surface area contributed by atoms with Crippen LogP contribution in [0.1, 0.15) is 0 Å². The number of aliphatic hydroxyl groups is 1. The summed E-state index contributed by atoms with van der Waals surface area (Å²) in [5.41, 5.74) is 0. The Morgan fingerprint density at radius 1 is 1.70 bits per heavy atom. The highest BCUT2D eigenvalue weighted by Crippen LogP contribution is 2.14. The fraction of sp³-hybridized carbons (Fsp3) is 0.250. The molecule has 0 saturated heterocycles. The second-order valence-electron chi connectivity index (χ2n) is 1.40. The number of carboxylic acid groups (broad SMARTS) is 1. The molecule has 0 aromatic carbocycles. The Morgan fingerprint density at radius 2 is 2.20 bits per heavy atom. The Labute approximate surface area is 57.5 Å². The maximum atomic E-state index is 9.85.